The molecule has 2 aromatic heterocycles. The van der Waals surface area contributed by atoms with E-state index in [1.165, 1.54) is 24.4 Å². The monoisotopic (exact) mass is 469 g/mol. The maximum atomic E-state index is 14.4. The summed E-state index contributed by atoms with van der Waals surface area (Å²) >= 11 is 6.05. The molecule has 0 saturated carbocycles. The molecule has 9 heteroatoms. The van der Waals surface area contributed by atoms with Crippen molar-refractivity contribution in [3.63, 3.8) is 0 Å². The minimum absolute atomic E-state index is 0.0333. The number of aromatic amines is 1. The van der Waals surface area contributed by atoms with E-state index in [9.17, 15) is 14.0 Å². The van der Waals surface area contributed by atoms with E-state index in [4.69, 9.17) is 11.6 Å². The van der Waals surface area contributed by atoms with Crippen molar-refractivity contribution in [2.24, 2.45) is 0 Å². The average molecular weight is 470 g/mol. The van der Waals surface area contributed by atoms with Crippen LogP contribution in [0, 0.1) is 12.7 Å². The summed E-state index contributed by atoms with van der Waals surface area (Å²) in [6, 6.07) is 4.42. The molecule has 3 heterocycles. The molecule has 0 bridgehead atoms. The molecule has 33 heavy (non-hydrogen) atoms. The molecule has 1 aliphatic heterocycles. The molecule has 7 nitrogen and oxygen atoms in total. The fraction of sp³-hybridized carbons (Fsp3) is 0.333. The predicted octanol–water partition coefficient (Wildman–Crippen LogP) is 3.31. The van der Waals surface area contributed by atoms with E-state index in [2.05, 4.69) is 31.8 Å². The van der Waals surface area contributed by atoms with Crippen LogP contribution in [0.25, 0.3) is 0 Å². The molecule has 172 valence electrons. The van der Waals surface area contributed by atoms with Gasteiger partial charge < -0.3 is 9.88 Å². The Labute approximate surface area is 196 Å². The first-order valence-corrected chi connectivity index (χ1v) is 11.1. The summed E-state index contributed by atoms with van der Waals surface area (Å²) in [5.74, 6) is -0.732. The lowest BCUT2D eigenvalue weighted by Crippen LogP contribution is -2.44. The van der Waals surface area contributed by atoms with Gasteiger partial charge in [0.2, 0.25) is 0 Å². The van der Waals surface area contributed by atoms with Gasteiger partial charge in [0.15, 0.2) is 11.6 Å². The third-order valence-corrected chi connectivity index (χ3v) is 6.16. The first-order chi connectivity index (χ1) is 15.8. The minimum Gasteiger partial charge on any atom is -0.358 e. The summed E-state index contributed by atoms with van der Waals surface area (Å²) in [7, 11) is 2.11. The van der Waals surface area contributed by atoms with Gasteiger partial charge in [-0.2, -0.15) is 0 Å². The zero-order valence-electron chi connectivity index (χ0n) is 18.6. The number of hydrogen-bond acceptors (Lipinski definition) is 6. The van der Waals surface area contributed by atoms with Gasteiger partial charge >= 0.3 is 0 Å². The molecule has 0 aliphatic carbocycles. The number of benzene rings is 1. The number of Topliss-reactive ketones (excluding diaryl/α,β-unsaturated/α-hetero) is 1. The van der Waals surface area contributed by atoms with Crippen LogP contribution in [0.3, 0.4) is 0 Å². The van der Waals surface area contributed by atoms with Crippen LogP contribution in [0.4, 0.5) is 4.39 Å². The van der Waals surface area contributed by atoms with Gasteiger partial charge in [-0.3, -0.25) is 14.5 Å². The van der Waals surface area contributed by atoms with E-state index in [-0.39, 0.29) is 34.0 Å². The van der Waals surface area contributed by atoms with Crippen molar-refractivity contribution in [2.75, 3.05) is 33.2 Å². The van der Waals surface area contributed by atoms with Gasteiger partial charge in [0.25, 0.3) is 0 Å². The topological polar surface area (TPSA) is 82.2 Å². The van der Waals surface area contributed by atoms with Gasteiger partial charge in [0.1, 0.15) is 11.6 Å². The molecule has 1 fully saturated rings. The fourth-order valence-corrected chi connectivity index (χ4v) is 3.97. The Morgan fingerprint density at radius 2 is 1.85 bits per heavy atom. The lowest BCUT2D eigenvalue weighted by Gasteiger charge is -2.31. The average Bonchev–Trinajstić information content (AvgIpc) is 3.30. The molecule has 0 spiro atoms. The van der Waals surface area contributed by atoms with Crippen LogP contribution in [0.15, 0.2) is 36.8 Å². The zero-order chi connectivity index (χ0) is 23.5. The van der Waals surface area contributed by atoms with Crippen molar-refractivity contribution in [3.05, 3.63) is 81.4 Å². The number of ketones is 2. The number of likely N-dealkylation sites (N-methyl/N-ethyl adjacent to an activating group) is 1. The summed E-state index contributed by atoms with van der Waals surface area (Å²) in [6.07, 6.45) is 4.80. The number of hydrogen-bond donors (Lipinski definition) is 1. The Morgan fingerprint density at radius 1 is 1.15 bits per heavy atom. The number of nitrogens with one attached hydrogen (secondary N) is 1. The first kappa shape index (κ1) is 23.2. The number of H-pyrrole nitrogens is 1. The number of aryl methyl sites for hydroxylation is 1. The van der Waals surface area contributed by atoms with Crippen LogP contribution < -0.4 is 0 Å². The minimum atomic E-state index is -0.657. The number of aromatic nitrogens is 3. The first-order valence-electron chi connectivity index (χ1n) is 10.7. The number of carbonyl (C=O) groups is 2. The SMILES string of the molecule is Cc1ccc(Cl)c(C(=O)c2c[nH]c(C(=O)Cc3cnc(CN4CCN(C)CC4)nc3)c2)c1F. The van der Waals surface area contributed by atoms with Crippen molar-refractivity contribution >= 4 is 23.2 Å². The van der Waals surface area contributed by atoms with Gasteiger partial charge in [-0.05, 0) is 37.2 Å². The second-order valence-corrected chi connectivity index (χ2v) is 8.78. The summed E-state index contributed by atoms with van der Waals surface area (Å²) in [5.41, 5.74) is 1.23. The molecule has 0 unspecified atom stereocenters. The van der Waals surface area contributed by atoms with Crippen molar-refractivity contribution < 1.29 is 14.0 Å². The Hall–Kier alpha value is -2.94. The van der Waals surface area contributed by atoms with Crippen molar-refractivity contribution in [1.29, 1.82) is 0 Å². The molecule has 4 rings (SSSR count). The molecule has 1 aliphatic rings. The second-order valence-electron chi connectivity index (χ2n) is 8.37. The van der Waals surface area contributed by atoms with Crippen molar-refractivity contribution in [3.8, 4) is 0 Å². The number of rotatable bonds is 7. The Kier molecular flexibility index (Phi) is 6.97. The highest BCUT2D eigenvalue weighted by Gasteiger charge is 2.22. The summed E-state index contributed by atoms with van der Waals surface area (Å²) < 4.78 is 14.4. The van der Waals surface area contributed by atoms with E-state index in [1.807, 2.05) is 0 Å². The highest BCUT2D eigenvalue weighted by Crippen LogP contribution is 2.25. The maximum Gasteiger partial charge on any atom is 0.199 e. The van der Waals surface area contributed by atoms with E-state index in [1.54, 1.807) is 19.3 Å². The summed E-state index contributed by atoms with van der Waals surface area (Å²) in [5, 5.41) is 0.0333. The normalized spacial score (nSPS) is 15.0. The molecule has 0 radical (unpaired) electrons. The van der Waals surface area contributed by atoms with Gasteiger partial charge in [-0.15, -0.1) is 0 Å². The Balaban J connectivity index is 1.40. The quantitative estimate of drug-likeness (QED) is 0.535. The Bertz CT molecular complexity index is 1170. The predicted molar refractivity (Wildman–Crippen MR) is 123 cm³/mol. The molecular weight excluding hydrogens is 445 g/mol. The van der Waals surface area contributed by atoms with Gasteiger partial charge in [0, 0.05) is 56.8 Å². The van der Waals surface area contributed by atoms with Gasteiger partial charge in [-0.25, -0.2) is 14.4 Å². The molecule has 0 amide bonds. The lowest BCUT2D eigenvalue weighted by molar-refractivity contribution is 0.0988. The van der Waals surface area contributed by atoms with Crippen LogP contribution in [0.2, 0.25) is 5.02 Å². The smallest absolute Gasteiger partial charge is 0.199 e. The van der Waals surface area contributed by atoms with Crippen LogP contribution in [0.1, 0.15) is 43.4 Å². The van der Waals surface area contributed by atoms with E-state index in [0.29, 0.717) is 17.7 Å². The van der Waals surface area contributed by atoms with Gasteiger partial charge in [-0.1, -0.05) is 17.7 Å². The van der Waals surface area contributed by atoms with E-state index < -0.39 is 11.6 Å². The van der Waals surface area contributed by atoms with Crippen molar-refractivity contribution in [2.45, 2.75) is 19.9 Å². The standard InChI is InChI=1S/C24H25ClFN5O2/c1-15-3-4-18(25)22(23(15)26)24(33)17-10-19(27-13-17)20(32)9-16-11-28-21(29-12-16)14-31-7-5-30(2)6-8-31/h3-4,10-13,27H,5-9,14H2,1-2H3. The third-order valence-electron chi connectivity index (χ3n) is 5.84. The molecule has 1 saturated heterocycles. The lowest BCUT2D eigenvalue weighted by atomic mass is 10.0. The molecule has 1 aromatic carbocycles. The van der Waals surface area contributed by atoms with E-state index >= 15 is 0 Å². The third kappa shape index (κ3) is 5.35. The molecule has 3 aromatic rings. The highest BCUT2D eigenvalue weighted by molar-refractivity contribution is 6.35. The number of halogens is 2. The molecule has 1 N–H and O–H groups in total. The van der Waals surface area contributed by atoms with Crippen LogP contribution in [-0.4, -0.2) is 69.5 Å². The largest absolute Gasteiger partial charge is 0.358 e. The number of nitrogens with zero attached hydrogens (tertiary/aromatic N) is 4. The number of piperazine rings is 1. The van der Waals surface area contributed by atoms with Crippen molar-refractivity contribution in [1.82, 2.24) is 24.8 Å². The van der Waals surface area contributed by atoms with E-state index in [0.717, 1.165) is 32.0 Å². The highest BCUT2D eigenvalue weighted by atomic mass is 35.5. The molecule has 0 atom stereocenters. The second kappa shape index (κ2) is 9.91. The van der Waals surface area contributed by atoms with Crippen LogP contribution in [0.5, 0.6) is 0 Å². The zero-order valence-corrected chi connectivity index (χ0v) is 19.3. The molecular formula is C24H25ClFN5O2. The summed E-state index contributed by atoms with van der Waals surface area (Å²) in [4.78, 5) is 41.7. The maximum absolute atomic E-state index is 14.4. The number of carbonyl (C=O) groups excluding carboxylic acids is 2. The summed E-state index contributed by atoms with van der Waals surface area (Å²) in [6.45, 7) is 6.25. The van der Waals surface area contributed by atoms with Gasteiger partial charge in [0.05, 0.1) is 22.8 Å². The fourth-order valence-electron chi connectivity index (χ4n) is 3.74. The van der Waals surface area contributed by atoms with Crippen LogP contribution in [-0.2, 0) is 13.0 Å². The Morgan fingerprint density at radius 3 is 2.55 bits per heavy atom. The van der Waals surface area contributed by atoms with Crippen LogP contribution >= 0.6 is 11.6 Å².